The SMILES string of the molecule is Cn1cc(-c2cc(NN)nc(-c3ccccn3)n2)cn1. The van der Waals surface area contributed by atoms with Crippen molar-refractivity contribution in [1.82, 2.24) is 24.7 Å². The Bertz CT molecular complexity index is 721. The highest BCUT2D eigenvalue weighted by molar-refractivity contribution is 5.65. The lowest BCUT2D eigenvalue weighted by Gasteiger charge is -2.06. The first kappa shape index (κ1) is 12.2. The molecule has 20 heavy (non-hydrogen) atoms. The molecule has 0 fully saturated rings. The molecule has 0 saturated carbocycles. The van der Waals surface area contributed by atoms with Crippen molar-refractivity contribution >= 4 is 5.82 Å². The van der Waals surface area contributed by atoms with E-state index in [9.17, 15) is 0 Å². The Hall–Kier alpha value is -2.80. The molecule has 100 valence electrons. The minimum Gasteiger partial charge on any atom is -0.308 e. The van der Waals surface area contributed by atoms with Crippen molar-refractivity contribution in [3.63, 3.8) is 0 Å². The maximum atomic E-state index is 5.47. The average Bonchev–Trinajstić information content (AvgIpc) is 2.94. The molecule has 0 aliphatic carbocycles. The predicted octanol–water partition coefficient (Wildman–Crippen LogP) is 1.22. The quantitative estimate of drug-likeness (QED) is 0.547. The van der Waals surface area contributed by atoms with E-state index < -0.39 is 0 Å². The Balaban J connectivity index is 2.12. The summed E-state index contributed by atoms with van der Waals surface area (Å²) in [6, 6.07) is 7.35. The fourth-order valence-corrected chi connectivity index (χ4v) is 1.83. The molecule has 0 amide bonds. The van der Waals surface area contributed by atoms with Crippen LogP contribution < -0.4 is 11.3 Å². The monoisotopic (exact) mass is 267 g/mol. The third kappa shape index (κ3) is 2.34. The molecular weight excluding hydrogens is 254 g/mol. The lowest BCUT2D eigenvalue weighted by atomic mass is 10.2. The van der Waals surface area contributed by atoms with E-state index in [4.69, 9.17) is 5.84 Å². The summed E-state index contributed by atoms with van der Waals surface area (Å²) in [7, 11) is 1.85. The molecule has 0 unspecified atom stereocenters. The zero-order chi connectivity index (χ0) is 13.9. The van der Waals surface area contributed by atoms with Crippen molar-refractivity contribution in [1.29, 1.82) is 0 Å². The molecule has 7 nitrogen and oxygen atoms in total. The standard InChI is InChI=1S/C13H13N7/c1-20-8-9(7-16-20)11-6-12(19-14)18-13(17-11)10-4-2-3-5-15-10/h2-8H,14H2,1H3,(H,17,18,19). The van der Waals surface area contributed by atoms with Crippen LogP contribution in [0, 0.1) is 0 Å². The van der Waals surface area contributed by atoms with Crippen molar-refractivity contribution < 1.29 is 0 Å². The number of nitrogens with one attached hydrogen (secondary N) is 1. The van der Waals surface area contributed by atoms with E-state index in [2.05, 4.69) is 25.5 Å². The van der Waals surface area contributed by atoms with E-state index in [1.54, 1.807) is 23.1 Å². The molecule has 0 bridgehead atoms. The summed E-state index contributed by atoms with van der Waals surface area (Å²) in [5.41, 5.74) is 4.87. The van der Waals surface area contributed by atoms with Crippen molar-refractivity contribution in [2.24, 2.45) is 12.9 Å². The number of aromatic nitrogens is 5. The van der Waals surface area contributed by atoms with Gasteiger partial charge < -0.3 is 5.43 Å². The van der Waals surface area contributed by atoms with Crippen LogP contribution in [0.25, 0.3) is 22.8 Å². The van der Waals surface area contributed by atoms with Crippen molar-refractivity contribution in [3.05, 3.63) is 42.9 Å². The largest absolute Gasteiger partial charge is 0.308 e. The van der Waals surface area contributed by atoms with E-state index in [-0.39, 0.29) is 0 Å². The van der Waals surface area contributed by atoms with Crippen LogP contribution in [0.4, 0.5) is 5.82 Å². The van der Waals surface area contributed by atoms with Gasteiger partial charge in [-0.2, -0.15) is 5.10 Å². The summed E-state index contributed by atoms with van der Waals surface area (Å²) < 4.78 is 1.72. The fraction of sp³-hybridized carbons (Fsp3) is 0.0769. The molecule has 7 heteroatoms. The number of nitrogens with two attached hydrogens (primary N) is 1. The Morgan fingerprint density at radius 2 is 2.10 bits per heavy atom. The van der Waals surface area contributed by atoms with Gasteiger partial charge in [0.15, 0.2) is 5.82 Å². The number of hydrogen-bond donors (Lipinski definition) is 2. The lowest BCUT2D eigenvalue weighted by Crippen LogP contribution is -2.10. The maximum Gasteiger partial charge on any atom is 0.180 e. The van der Waals surface area contributed by atoms with E-state index in [1.807, 2.05) is 31.4 Å². The first-order valence-corrected chi connectivity index (χ1v) is 6.02. The molecule has 0 aromatic carbocycles. The van der Waals surface area contributed by atoms with Gasteiger partial charge in [-0.15, -0.1) is 0 Å². The molecule has 3 aromatic heterocycles. The Morgan fingerprint density at radius 1 is 1.20 bits per heavy atom. The second-order valence-electron chi connectivity index (χ2n) is 4.22. The van der Waals surface area contributed by atoms with Gasteiger partial charge in [0.1, 0.15) is 11.5 Å². The third-order valence-corrected chi connectivity index (χ3v) is 2.77. The van der Waals surface area contributed by atoms with Gasteiger partial charge in [0.2, 0.25) is 0 Å². The molecule has 0 saturated heterocycles. The molecule has 3 N–H and O–H groups in total. The average molecular weight is 267 g/mol. The van der Waals surface area contributed by atoms with E-state index in [0.29, 0.717) is 17.3 Å². The molecule has 0 atom stereocenters. The van der Waals surface area contributed by atoms with Gasteiger partial charge in [-0.3, -0.25) is 9.67 Å². The molecule has 3 heterocycles. The smallest absolute Gasteiger partial charge is 0.180 e. The van der Waals surface area contributed by atoms with E-state index in [1.165, 1.54) is 0 Å². The first-order valence-electron chi connectivity index (χ1n) is 6.02. The van der Waals surface area contributed by atoms with Gasteiger partial charge >= 0.3 is 0 Å². The Kier molecular flexibility index (Phi) is 3.10. The number of hydrazine groups is 1. The van der Waals surface area contributed by atoms with Gasteiger partial charge in [-0.25, -0.2) is 15.8 Å². The van der Waals surface area contributed by atoms with Crippen LogP contribution in [-0.4, -0.2) is 24.7 Å². The van der Waals surface area contributed by atoms with E-state index in [0.717, 1.165) is 11.3 Å². The van der Waals surface area contributed by atoms with Crippen LogP contribution in [0.15, 0.2) is 42.9 Å². The second kappa shape index (κ2) is 5.06. The van der Waals surface area contributed by atoms with Crippen molar-refractivity contribution in [2.45, 2.75) is 0 Å². The predicted molar refractivity (Wildman–Crippen MR) is 75.3 cm³/mol. The fourth-order valence-electron chi connectivity index (χ4n) is 1.83. The number of rotatable bonds is 3. The zero-order valence-corrected chi connectivity index (χ0v) is 10.9. The molecule has 3 rings (SSSR count). The summed E-state index contributed by atoms with van der Waals surface area (Å²) in [6.07, 6.45) is 5.32. The maximum absolute atomic E-state index is 5.47. The van der Waals surface area contributed by atoms with Gasteiger partial charge in [0.05, 0.1) is 11.9 Å². The normalized spacial score (nSPS) is 10.5. The highest BCUT2D eigenvalue weighted by atomic mass is 15.3. The molecule has 0 aliphatic heterocycles. The van der Waals surface area contributed by atoms with Crippen LogP contribution in [0.2, 0.25) is 0 Å². The van der Waals surface area contributed by atoms with Crippen LogP contribution in [0.1, 0.15) is 0 Å². The first-order chi connectivity index (χ1) is 9.76. The Labute approximate surface area is 115 Å². The van der Waals surface area contributed by atoms with Crippen LogP contribution in [0.3, 0.4) is 0 Å². The summed E-state index contributed by atoms with van der Waals surface area (Å²) >= 11 is 0. The van der Waals surface area contributed by atoms with Crippen molar-refractivity contribution in [2.75, 3.05) is 5.43 Å². The highest BCUT2D eigenvalue weighted by Crippen LogP contribution is 2.22. The minimum atomic E-state index is 0.514. The van der Waals surface area contributed by atoms with Gasteiger partial charge in [0, 0.05) is 31.1 Å². The summed E-state index contributed by atoms with van der Waals surface area (Å²) in [4.78, 5) is 13.1. The number of anilines is 1. The van der Waals surface area contributed by atoms with Gasteiger partial charge in [-0.1, -0.05) is 6.07 Å². The molecule has 0 radical (unpaired) electrons. The third-order valence-electron chi connectivity index (χ3n) is 2.77. The number of nitrogens with zero attached hydrogens (tertiary/aromatic N) is 5. The number of nitrogen functional groups attached to an aromatic ring is 1. The summed E-state index contributed by atoms with van der Waals surface area (Å²) in [6.45, 7) is 0. The summed E-state index contributed by atoms with van der Waals surface area (Å²) in [5, 5.41) is 4.14. The van der Waals surface area contributed by atoms with Crippen LogP contribution >= 0.6 is 0 Å². The zero-order valence-electron chi connectivity index (χ0n) is 10.9. The molecule has 0 aliphatic rings. The van der Waals surface area contributed by atoms with Crippen LogP contribution in [-0.2, 0) is 7.05 Å². The summed E-state index contributed by atoms with van der Waals surface area (Å²) in [5.74, 6) is 6.51. The highest BCUT2D eigenvalue weighted by Gasteiger charge is 2.10. The second-order valence-corrected chi connectivity index (χ2v) is 4.22. The lowest BCUT2D eigenvalue weighted by molar-refractivity contribution is 0.768. The molecule has 3 aromatic rings. The minimum absolute atomic E-state index is 0.514. The van der Waals surface area contributed by atoms with E-state index >= 15 is 0 Å². The molecular formula is C13H13N7. The van der Waals surface area contributed by atoms with Crippen LogP contribution in [0.5, 0.6) is 0 Å². The van der Waals surface area contributed by atoms with Gasteiger partial charge in [0.25, 0.3) is 0 Å². The number of pyridine rings is 1. The topological polar surface area (TPSA) is 94.5 Å². The Morgan fingerprint density at radius 3 is 2.75 bits per heavy atom. The number of aryl methyl sites for hydroxylation is 1. The molecule has 0 spiro atoms. The number of hydrogen-bond acceptors (Lipinski definition) is 6. The van der Waals surface area contributed by atoms with Gasteiger partial charge in [-0.05, 0) is 12.1 Å². The van der Waals surface area contributed by atoms with Crippen molar-refractivity contribution in [3.8, 4) is 22.8 Å².